The highest BCUT2D eigenvalue weighted by molar-refractivity contribution is 6.17. The van der Waals surface area contributed by atoms with Crippen LogP contribution in [0.15, 0.2) is 24.3 Å². The molecule has 1 aromatic carbocycles. The molecule has 2 heteroatoms. The Morgan fingerprint density at radius 1 is 1.33 bits per heavy atom. The van der Waals surface area contributed by atoms with Crippen molar-refractivity contribution in [3.8, 4) is 0 Å². The van der Waals surface area contributed by atoms with Gasteiger partial charge in [0, 0.05) is 11.9 Å². The topological polar surface area (TPSA) is 26.0 Å². The van der Waals surface area contributed by atoms with E-state index >= 15 is 0 Å². The Kier molecular flexibility index (Phi) is 3.57. The van der Waals surface area contributed by atoms with Crippen molar-refractivity contribution in [2.45, 2.75) is 25.3 Å². The first-order valence-corrected chi connectivity index (χ1v) is 4.71. The second-order valence-corrected chi connectivity index (χ2v) is 3.16. The van der Waals surface area contributed by atoms with Gasteiger partial charge in [0.05, 0.1) is 0 Å². The van der Waals surface area contributed by atoms with Gasteiger partial charge in [-0.1, -0.05) is 31.2 Å². The summed E-state index contributed by atoms with van der Waals surface area (Å²) in [4.78, 5) is 0. The van der Waals surface area contributed by atoms with Gasteiger partial charge in [0.2, 0.25) is 0 Å². The van der Waals surface area contributed by atoms with Crippen LogP contribution in [0, 0.1) is 0 Å². The summed E-state index contributed by atoms with van der Waals surface area (Å²) >= 11 is 5.66. The quantitative estimate of drug-likeness (QED) is 0.717. The molecule has 1 nitrogen and oxygen atoms in total. The van der Waals surface area contributed by atoms with E-state index in [2.05, 4.69) is 6.92 Å². The number of halogens is 1. The molecule has 0 aliphatic rings. The summed E-state index contributed by atoms with van der Waals surface area (Å²) in [6.07, 6.45) is 0.972. The monoisotopic (exact) mass is 183 g/mol. The van der Waals surface area contributed by atoms with Crippen molar-refractivity contribution in [2.24, 2.45) is 5.73 Å². The number of alkyl halides is 1. The van der Waals surface area contributed by atoms with Crippen LogP contribution in [0.4, 0.5) is 0 Å². The minimum Gasteiger partial charge on any atom is -0.324 e. The van der Waals surface area contributed by atoms with Gasteiger partial charge in [0.15, 0.2) is 0 Å². The normalized spacial score (nSPS) is 12.9. The molecule has 0 amide bonds. The van der Waals surface area contributed by atoms with Crippen LogP contribution in [0.1, 0.15) is 30.5 Å². The summed E-state index contributed by atoms with van der Waals surface area (Å²) in [5, 5.41) is 0. The molecule has 0 spiro atoms. The van der Waals surface area contributed by atoms with Crippen molar-refractivity contribution >= 4 is 11.6 Å². The fourth-order valence-corrected chi connectivity index (χ4v) is 1.27. The molecule has 0 fully saturated rings. The van der Waals surface area contributed by atoms with Gasteiger partial charge in [-0.05, 0) is 17.5 Å². The highest BCUT2D eigenvalue weighted by Gasteiger charge is 2.01. The smallest absolute Gasteiger partial charge is 0.0474 e. The lowest BCUT2D eigenvalue weighted by molar-refractivity contribution is 0.698. The Bertz CT molecular complexity index is 230. The highest BCUT2D eigenvalue weighted by Crippen LogP contribution is 2.14. The summed E-state index contributed by atoms with van der Waals surface area (Å²) in [6, 6.07) is 8.31. The van der Waals surface area contributed by atoms with Crippen LogP contribution in [0.5, 0.6) is 0 Å². The first-order chi connectivity index (χ1) is 5.77. The molecule has 0 aliphatic heterocycles. The van der Waals surface area contributed by atoms with E-state index in [1.165, 1.54) is 5.56 Å². The maximum absolute atomic E-state index is 5.85. The summed E-state index contributed by atoms with van der Waals surface area (Å²) in [7, 11) is 0. The molecule has 1 unspecified atom stereocenters. The molecule has 0 saturated carbocycles. The van der Waals surface area contributed by atoms with Crippen molar-refractivity contribution in [2.75, 3.05) is 0 Å². The van der Waals surface area contributed by atoms with Crippen LogP contribution in [-0.4, -0.2) is 0 Å². The van der Waals surface area contributed by atoms with Gasteiger partial charge in [-0.15, -0.1) is 11.6 Å². The van der Waals surface area contributed by atoms with Crippen LogP contribution in [-0.2, 0) is 5.88 Å². The molecular weight excluding hydrogens is 170 g/mol. The summed E-state index contributed by atoms with van der Waals surface area (Å²) in [5.74, 6) is 0.571. The van der Waals surface area contributed by atoms with E-state index in [1.54, 1.807) is 0 Å². The summed E-state index contributed by atoms with van der Waals surface area (Å²) < 4.78 is 0. The van der Waals surface area contributed by atoms with Gasteiger partial charge in [-0.2, -0.15) is 0 Å². The second-order valence-electron chi connectivity index (χ2n) is 2.89. The molecule has 0 aromatic heterocycles. The Balaban J connectivity index is 2.77. The predicted octanol–water partition coefficient (Wildman–Crippen LogP) is 2.84. The number of nitrogens with two attached hydrogens (primary N) is 1. The zero-order valence-electron chi connectivity index (χ0n) is 7.26. The zero-order valence-corrected chi connectivity index (χ0v) is 8.01. The van der Waals surface area contributed by atoms with Crippen LogP contribution in [0.3, 0.4) is 0 Å². The molecule has 2 N–H and O–H groups in total. The van der Waals surface area contributed by atoms with E-state index in [1.807, 2.05) is 24.3 Å². The maximum Gasteiger partial charge on any atom is 0.0474 e. The van der Waals surface area contributed by atoms with Gasteiger partial charge in [0.25, 0.3) is 0 Å². The average molecular weight is 184 g/mol. The van der Waals surface area contributed by atoms with E-state index in [4.69, 9.17) is 17.3 Å². The van der Waals surface area contributed by atoms with Crippen molar-refractivity contribution in [1.29, 1.82) is 0 Å². The van der Waals surface area contributed by atoms with Crippen LogP contribution in [0.2, 0.25) is 0 Å². The lowest BCUT2D eigenvalue weighted by Crippen LogP contribution is -2.08. The van der Waals surface area contributed by atoms with E-state index in [0.29, 0.717) is 5.88 Å². The Morgan fingerprint density at radius 3 is 2.33 bits per heavy atom. The number of hydrogen-bond donors (Lipinski definition) is 1. The standard InChI is InChI=1S/C10H14ClN/c1-2-10(12)9-5-3-8(7-11)4-6-9/h3-6,10H,2,7,12H2,1H3. The van der Waals surface area contributed by atoms with E-state index in [0.717, 1.165) is 12.0 Å². The van der Waals surface area contributed by atoms with Crippen molar-refractivity contribution in [1.82, 2.24) is 0 Å². The molecule has 12 heavy (non-hydrogen) atoms. The van der Waals surface area contributed by atoms with Gasteiger partial charge >= 0.3 is 0 Å². The summed E-state index contributed by atoms with van der Waals surface area (Å²) in [6.45, 7) is 2.08. The lowest BCUT2D eigenvalue weighted by Gasteiger charge is -2.08. The fourth-order valence-electron chi connectivity index (χ4n) is 1.09. The SMILES string of the molecule is CCC(N)c1ccc(CCl)cc1. The molecular formula is C10H14ClN. The zero-order chi connectivity index (χ0) is 8.97. The minimum absolute atomic E-state index is 0.161. The van der Waals surface area contributed by atoms with Gasteiger partial charge in [-0.3, -0.25) is 0 Å². The molecule has 1 aromatic rings. The minimum atomic E-state index is 0.161. The molecule has 1 rings (SSSR count). The Hall–Kier alpha value is -0.530. The first kappa shape index (κ1) is 9.56. The highest BCUT2D eigenvalue weighted by atomic mass is 35.5. The molecule has 0 bridgehead atoms. The van der Waals surface area contributed by atoms with E-state index < -0.39 is 0 Å². The molecule has 1 atom stereocenters. The second kappa shape index (κ2) is 4.48. The summed E-state index contributed by atoms with van der Waals surface area (Å²) in [5.41, 5.74) is 8.18. The van der Waals surface area contributed by atoms with Crippen molar-refractivity contribution in [3.05, 3.63) is 35.4 Å². The Morgan fingerprint density at radius 2 is 1.92 bits per heavy atom. The number of hydrogen-bond acceptors (Lipinski definition) is 1. The van der Waals surface area contributed by atoms with E-state index in [9.17, 15) is 0 Å². The molecule has 0 saturated heterocycles. The number of benzene rings is 1. The number of rotatable bonds is 3. The van der Waals surface area contributed by atoms with E-state index in [-0.39, 0.29) is 6.04 Å². The van der Waals surface area contributed by atoms with Crippen LogP contribution >= 0.6 is 11.6 Å². The van der Waals surface area contributed by atoms with Crippen molar-refractivity contribution < 1.29 is 0 Å². The molecule has 0 radical (unpaired) electrons. The molecule has 0 heterocycles. The predicted molar refractivity (Wildman–Crippen MR) is 53.2 cm³/mol. The third-order valence-corrected chi connectivity index (χ3v) is 2.31. The van der Waals surface area contributed by atoms with Crippen LogP contribution < -0.4 is 5.73 Å². The van der Waals surface area contributed by atoms with Crippen molar-refractivity contribution in [3.63, 3.8) is 0 Å². The third kappa shape index (κ3) is 2.23. The van der Waals surface area contributed by atoms with Gasteiger partial charge in [-0.25, -0.2) is 0 Å². The first-order valence-electron chi connectivity index (χ1n) is 4.18. The largest absolute Gasteiger partial charge is 0.324 e. The molecule has 66 valence electrons. The third-order valence-electron chi connectivity index (χ3n) is 2.00. The Labute approximate surface area is 78.5 Å². The lowest BCUT2D eigenvalue weighted by atomic mass is 10.0. The average Bonchev–Trinajstić information content (AvgIpc) is 2.17. The fraction of sp³-hybridized carbons (Fsp3) is 0.400. The maximum atomic E-state index is 5.85. The van der Waals surface area contributed by atoms with Crippen LogP contribution in [0.25, 0.3) is 0 Å². The van der Waals surface area contributed by atoms with Gasteiger partial charge in [0.1, 0.15) is 0 Å². The molecule has 0 aliphatic carbocycles. The van der Waals surface area contributed by atoms with Gasteiger partial charge < -0.3 is 5.73 Å².